The van der Waals surface area contributed by atoms with Crippen molar-refractivity contribution in [2.24, 2.45) is 10.9 Å². The van der Waals surface area contributed by atoms with Gasteiger partial charge in [-0.05, 0) is 38.5 Å². The standard InChI is InChI=1S/C15H18N2O3/c1-4-15(2,3)17-14(19)10-7-8-11(16-13(10)18)12-6-5-9-20-12/h5-10H,4H2,1-3H3,(H,17,19). The van der Waals surface area contributed by atoms with E-state index in [0.717, 1.165) is 6.42 Å². The summed E-state index contributed by atoms with van der Waals surface area (Å²) in [6.45, 7) is 5.81. The first-order valence-electron chi connectivity index (χ1n) is 6.59. The summed E-state index contributed by atoms with van der Waals surface area (Å²) in [6.07, 6.45) is 5.50. The number of furan rings is 1. The third kappa shape index (κ3) is 3.04. The molecule has 1 atom stereocenters. The van der Waals surface area contributed by atoms with E-state index in [4.69, 9.17) is 4.42 Å². The Morgan fingerprint density at radius 1 is 1.50 bits per heavy atom. The van der Waals surface area contributed by atoms with E-state index >= 15 is 0 Å². The van der Waals surface area contributed by atoms with Gasteiger partial charge in [0.15, 0.2) is 5.76 Å². The fourth-order valence-corrected chi connectivity index (χ4v) is 1.76. The van der Waals surface area contributed by atoms with Crippen molar-refractivity contribution >= 4 is 17.5 Å². The van der Waals surface area contributed by atoms with Crippen molar-refractivity contribution in [2.45, 2.75) is 32.7 Å². The summed E-state index contributed by atoms with van der Waals surface area (Å²) in [5, 5.41) is 2.85. The molecular formula is C15H18N2O3. The Morgan fingerprint density at radius 3 is 2.80 bits per heavy atom. The highest BCUT2D eigenvalue weighted by molar-refractivity contribution is 6.17. The maximum Gasteiger partial charge on any atom is 0.262 e. The lowest BCUT2D eigenvalue weighted by molar-refractivity contribution is -0.132. The van der Waals surface area contributed by atoms with Crippen LogP contribution < -0.4 is 5.32 Å². The van der Waals surface area contributed by atoms with E-state index in [2.05, 4.69) is 10.3 Å². The molecule has 2 rings (SSSR count). The number of rotatable bonds is 4. The molecule has 0 aliphatic carbocycles. The third-order valence-corrected chi connectivity index (χ3v) is 3.34. The topological polar surface area (TPSA) is 71.7 Å². The lowest BCUT2D eigenvalue weighted by Crippen LogP contribution is -2.47. The Labute approximate surface area is 117 Å². The number of amides is 2. The van der Waals surface area contributed by atoms with Crippen LogP contribution in [0, 0.1) is 5.92 Å². The van der Waals surface area contributed by atoms with Gasteiger partial charge < -0.3 is 9.73 Å². The van der Waals surface area contributed by atoms with Crippen LogP contribution in [0.15, 0.2) is 40.0 Å². The summed E-state index contributed by atoms with van der Waals surface area (Å²) in [7, 11) is 0. The Balaban J connectivity index is 2.10. The van der Waals surface area contributed by atoms with Crippen LogP contribution >= 0.6 is 0 Å². The van der Waals surface area contributed by atoms with Gasteiger partial charge in [-0.15, -0.1) is 0 Å². The normalized spacial score (nSPS) is 18.9. The largest absolute Gasteiger partial charge is 0.463 e. The first-order chi connectivity index (χ1) is 9.43. The highest BCUT2D eigenvalue weighted by Crippen LogP contribution is 2.16. The van der Waals surface area contributed by atoms with Crippen molar-refractivity contribution in [3.8, 4) is 0 Å². The molecule has 1 aliphatic heterocycles. The fraction of sp³-hybridized carbons (Fsp3) is 0.400. The molecule has 1 N–H and O–H groups in total. The molecule has 0 fully saturated rings. The predicted molar refractivity (Wildman–Crippen MR) is 75.4 cm³/mol. The zero-order valence-corrected chi connectivity index (χ0v) is 11.8. The van der Waals surface area contributed by atoms with E-state index < -0.39 is 11.8 Å². The first-order valence-corrected chi connectivity index (χ1v) is 6.59. The number of aliphatic imine (C=N–C) groups is 1. The third-order valence-electron chi connectivity index (χ3n) is 3.34. The predicted octanol–water partition coefficient (Wildman–Crippen LogP) is 2.09. The second kappa shape index (κ2) is 5.45. The molecule has 5 nitrogen and oxygen atoms in total. The highest BCUT2D eigenvalue weighted by atomic mass is 16.3. The fourth-order valence-electron chi connectivity index (χ4n) is 1.76. The minimum atomic E-state index is -0.862. The Kier molecular flexibility index (Phi) is 3.88. The molecule has 5 heteroatoms. The van der Waals surface area contributed by atoms with Crippen molar-refractivity contribution in [3.05, 3.63) is 36.3 Å². The second-order valence-electron chi connectivity index (χ2n) is 5.38. The van der Waals surface area contributed by atoms with Crippen LogP contribution in [0.4, 0.5) is 0 Å². The summed E-state index contributed by atoms with van der Waals surface area (Å²) in [4.78, 5) is 28.0. The lowest BCUT2D eigenvalue weighted by Gasteiger charge is -2.26. The number of dihydropyridines is 1. The van der Waals surface area contributed by atoms with Crippen molar-refractivity contribution in [1.82, 2.24) is 5.32 Å². The maximum atomic E-state index is 12.1. The van der Waals surface area contributed by atoms with Crippen LogP contribution in [-0.2, 0) is 9.59 Å². The number of hydrogen-bond acceptors (Lipinski definition) is 3. The molecule has 1 aromatic rings. The zero-order chi connectivity index (χ0) is 14.8. The molecule has 2 amide bonds. The number of carbonyl (C=O) groups excluding carboxylic acids is 2. The minimum absolute atomic E-state index is 0.319. The molecule has 1 aliphatic rings. The Bertz CT molecular complexity index is 568. The van der Waals surface area contributed by atoms with Crippen molar-refractivity contribution < 1.29 is 14.0 Å². The van der Waals surface area contributed by atoms with Crippen molar-refractivity contribution in [1.29, 1.82) is 0 Å². The quantitative estimate of drug-likeness (QED) is 0.854. The SMILES string of the molecule is CCC(C)(C)NC(=O)C1C=CC(c2ccco2)=NC1=O. The van der Waals surface area contributed by atoms with Crippen LogP contribution in [-0.4, -0.2) is 23.1 Å². The molecule has 0 radical (unpaired) electrons. The Morgan fingerprint density at radius 2 is 2.25 bits per heavy atom. The number of nitrogens with zero attached hydrogens (tertiary/aromatic N) is 1. The van der Waals surface area contributed by atoms with Crippen molar-refractivity contribution in [2.75, 3.05) is 0 Å². The van der Waals surface area contributed by atoms with Gasteiger partial charge in [-0.3, -0.25) is 9.59 Å². The molecule has 0 saturated carbocycles. The van der Waals surface area contributed by atoms with Gasteiger partial charge >= 0.3 is 0 Å². The van der Waals surface area contributed by atoms with Gasteiger partial charge in [-0.1, -0.05) is 13.0 Å². The van der Waals surface area contributed by atoms with E-state index in [-0.39, 0.29) is 11.4 Å². The maximum absolute atomic E-state index is 12.1. The van der Waals surface area contributed by atoms with E-state index in [0.29, 0.717) is 11.5 Å². The van der Waals surface area contributed by atoms with E-state index in [1.807, 2.05) is 20.8 Å². The van der Waals surface area contributed by atoms with Crippen LogP contribution in [0.3, 0.4) is 0 Å². The second-order valence-corrected chi connectivity index (χ2v) is 5.38. The average Bonchev–Trinajstić information content (AvgIpc) is 2.91. The van der Waals surface area contributed by atoms with Crippen molar-refractivity contribution in [3.63, 3.8) is 0 Å². The molecule has 20 heavy (non-hydrogen) atoms. The zero-order valence-electron chi connectivity index (χ0n) is 11.8. The molecule has 0 aromatic carbocycles. The summed E-state index contributed by atoms with van der Waals surface area (Å²) in [5.41, 5.74) is 0.106. The molecule has 1 aromatic heterocycles. The van der Waals surface area contributed by atoms with Crippen LogP contribution in [0.1, 0.15) is 33.0 Å². The van der Waals surface area contributed by atoms with E-state index in [1.54, 1.807) is 24.3 Å². The van der Waals surface area contributed by atoms with Gasteiger partial charge in [0, 0.05) is 5.54 Å². The smallest absolute Gasteiger partial charge is 0.262 e. The summed E-state index contributed by atoms with van der Waals surface area (Å²) < 4.78 is 5.18. The molecule has 0 bridgehead atoms. The van der Waals surface area contributed by atoms with E-state index in [1.165, 1.54) is 6.26 Å². The summed E-state index contributed by atoms with van der Waals surface area (Å²) in [5.74, 6) is -1.13. The van der Waals surface area contributed by atoms with Gasteiger partial charge in [-0.25, -0.2) is 4.99 Å². The molecule has 106 valence electrons. The molecule has 0 spiro atoms. The van der Waals surface area contributed by atoms with Crippen LogP contribution in [0.25, 0.3) is 0 Å². The molecular weight excluding hydrogens is 256 g/mol. The first kappa shape index (κ1) is 14.2. The molecule has 0 saturated heterocycles. The van der Waals surface area contributed by atoms with Crippen LogP contribution in [0.5, 0.6) is 0 Å². The monoisotopic (exact) mass is 274 g/mol. The van der Waals surface area contributed by atoms with Gasteiger partial charge in [0.2, 0.25) is 5.91 Å². The minimum Gasteiger partial charge on any atom is -0.463 e. The van der Waals surface area contributed by atoms with Crippen LogP contribution in [0.2, 0.25) is 0 Å². The number of hydrogen-bond donors (Lipinski definition) is 1. The van der Waals surface area contributed by atoms with Gasteiger partial charge in [-0.2, -0.15) is 0 Å². The van der Waals surface area contributed by atoms with Gasteiger partial charge in [0.25, 0.3) is 5.91 Å². The van der Waals surface area contributed by atoms with Gasteiger partial charge in [0.05, 0.1) is 6.26 Å². The Hall–Kier alpha value is -2.17. The summed E-state index contributed by atoms with van der Waals surface area (Å²) >= 11 is 0. The highest BCUT2D eigenvalue weighted by Gasteiger charge is 2.30. The molecule has 2 heterocycles. The average molecular weight is 274 g/mol. The summed E-state index contributed by atoms with van der Waals surface area (Å²) in [6, 6.07) is 3.44. The number of allylic oxidation sites excluding steroid dienone is 1. The lowest BCUT2D eigenvalue weighted by atomic mass is 9.98. The number of carbonyl (C=O) groups is 2. The molecule has 1 unspecified atom stereocenters. The number of nitrogens with one attached hydrogen (secondary N) is 1. The van der Waals surface area contributed by atoms with E-state index in [9.17, 15) is 9.59 Å². The van der Waals surface area contributed by atoms with Gasteiger partial charge in [0.1, 0.15) is 11.6 Å².